The smallest absolute Gasteiger partial charge is 0.0767 e. The lowest BCUT2D eigenvalue weighted by molar-refractivity contribution is 0.529. The fourth-order valence-electron chi connectivity index (χ4n) is 1.86. The van der Waals surface area contributed by atoms with Crippen molar-refractivity contribution in [1.29, 1.82) is 0 Å². The Morgan fingerprint density at radius 2 is 2.00 bits per heavy atom. The van der Waals surface area contributed by atoms with Gasteiger partial charge in [-0.25, -0.2) is 0 Å². The molecule has 0 atom stereocenters. The van der Waals surface area contributed by atoms with Crippen molar-refractivity contribution in [2.45, 2.75) is 33.7 Å². The van der Waals surface area contributed by atoms with Gasteiger partial charge in [0, 0.05) is 17.8 Å². The van der Waals surface area contributed by atoms with Crippen LogP contribution in [0.2, 0.25) is 0 Å². The van der Waals surface area contributed by atoms with Gasteiger partial charge in [0.15, 0.2) is 0 Å². The molecule has 0 aromatic carbocycles. The zero-order valence-corrected chi connectivity index (χ0v) is 10.7. The number of anilines is 1. The quantitative estimate of drug-likeness (QED) is 0.863. The summed E-state index contributed by atoms with van der Waals surface area (Å²) in [7, 11) is 0. The molecule has 0 saturated heterocycles. The maximum absolute atomic E-state index is 5.71. The van der Waals surface area contributed by atoms with Gasteiger partial charge in [-0.2, -0.15) is 5.10 Å². The van der Waals surface area contributed by atoms with Crippen molar-refractivity contribution in [2.75, 3.05) is 5.73 Å². The van der Waals surface area contributed by atoms with Crippen molar-refractivity contribution in [3.05, 3.63) is 29.7 Å². The highest BCUT2D eigenvalue weighted by Gasteiger charge is 2.12. The van der Waals surface area contributed by atoms with E-state index in [1.54, 1.807) is 6.20 Å². The van der Waals surface area contributed by atoms with Crippen LogP contribution in [0.5, 0.6) is 0 Å². The van der Waals surface area contributed by atoms with E-state index in [0.717, 1.165) is 22.5 Å². The van der Waals surface area contributed by atoms with Crippen molar-refractivity contribution in [1.82, 2.24) is 14.8 Å². The summed E-state index contributed by atoms with van der Waals surface area (Å²) in [5.74, 6) is 0. The molecular weight excluding hydrogens is 212 g/mol. The number of nitrogens with two attached hydrogens (primary N) is 1. The van der Waals surface area contributed by atoms with Gasteiger partial charge < -0.3 is 5.73 Å². The molecule has 0 saturated carbocycles. The van der Waals surface area contributed by atoms with E-state index in [4.69, 9.17) is 5.73 Å². The first kappa shape index (κ1) is 11.6. The first-order chi connectivity index (χ1) is 7.99. The predicted molar refractivity (Wildman–Crippen MR) is 69.7 cm³/mol. The molecule has 0 bridgehead atoms. The second kappa shape index (κ2) is 4.20. The highest BCUT2D eigenvalue weighted by atomic mass is 15.3. The van der Waals surface area contributed by atoms with E-state index in [9.17, 15) is 0 Å². The first-order valence-corrected chi connectivity index (χ1v) is 5.77. The van der Waals surface area contributed by atoms with E-state index in [0.29, 0.717) is 11.7 Å². The van der Waals surface area contributed by atoms with Crippen LogP contribution in [0.25, 0.3) is 11.3 Å². The maximum atomic E-state index is 5.71. The van der Waals surface area contributed by atoms with Gasteiger partial charge >= 0.3 is 0 Å². The van der Waals surface area contributed by atoms with Crippen LogP contribution in [0, 0.1) is 13.8 Å². The number of rotatable bonds is 2. The van der Waals surface area contributed by atoms with E-state index in [2.05, 4.69) is 23.9 Å². The van der Waals surface area contributed by atoms with Gasteiger partial charge in [0.1, 0.15) is 0 Å². The largest absolute Gasteiger partial charge is 0.397 e. The monoisotopic (exact) mass is 230 g/mol. The molecule has 90 valence electrons. The number of nitrogen functional groups attached to an aromatic ring is 1. The summed E-state index contributed by atoms with van der Waals surface area (Å²) >= 11 is 0. The second-order valence-electron chi connectivity index (χ2n) is 4.64. The summed E-state index contributed by atoms with van der Waals surface area (Å²) in [6.45, 7) is 8.25. The van der Waals surface area contributed by atoms with Crippen LogP contribution in [0.4, 0.5) is 5.69 Å². The van der Waals surface area contributed by atoms with Crippen LogP contribution in [-0.4, -0.2) is 14.8 Å². The third-order valence-corrected chi connectivity index (χ3v) is 2.80. The van der Waals surface area contributed by atoms with Crippen LogP contribution in [-0.2, 0) is 0 Å². The van der Waals surface area contributed by atoms with Gasteiger partial charge in [-0.1, -0.05) is 0 Å². The third kappa shape index (κ3) is 2.16. The molecule has 0 unspecified atom stereocenters. The standard InChI is InChI=1S/C13H18N4/c1-8(2)17-7-12(10(4)16-17)13-9(3)5-11(14)6-15-13/h5-8H,14H2,1-4H3. The Kier molecular flexibility index (Phi) is 2.88. The van der Waals surface area contributed by atoms with Gasteiger partial charge in [-0.05, 0) is 39.3 Å². The van der Waals surface area contributed by atoms with Crippen LogP contribution >= 0.6 is 0 Å². The molecule has 0 aliphatic rings. The Bertz CT molecular complexity index is 540. The third-order valence-electron chi connectivity index (χ3n) is 2.80. The van der Waals surface area contributed by atoms with Crippen LogP contribution in [0.15, 0.2) is 18.5 Å². The number of aromatic nitrogens is 3. The van der Waals surface area contributed by atoms with E-state index in [1.807, 2.05) is 30.8 Å². The summed E-state index contributed by atoms with van der Waals surface area (Å²) in [5.41, 5.74) is 10.5. The van der Waals surface area contributed by atoms with Gasteiger partial charge in [0.05, 0.1) is 23.3 Å². The van der Waals surface area contributed by atoms with Gasteiger partial charge in [0.25, 0.3) is 0 Å². The Morgan fingerprint density at radius 3 is 2.53 bits per heavy atom. The normalized spacial score (nSPS) is 11.1. The molecule has 2 N–H and O–H groups in total. The molecule has 0 radical (unpaired) electrons. The minimum absolute atomic E-state index is 0.358. The summed E-state index contributed by atoms with van der Waals surface area (Å²) in [6.07, 6.45) is 3.74. The topological polar surface area (TPSA) is 56.7 Å². The number of aryl methyl sites for hydroxylation is 2. The molecule has 0 amide bonds. The van der Waals surface area contributed by atoms with Gasteiger partial charge in [0.2, 0.25) is 0 Å². The molecule has 0 fully saturated rings. The molecule has 0 aliphatic heterocycles. The highest BCUT2D eigenvalue weighted by Crippen LogP contribution is 2.25. The number of nitrogens with zero attached hydrogens (tertiary/aromatic N) is 3. The summed E-state index contributed by atoms with van der Waals surface area (Å²) in [4.78, 5) is 4.40. The molecule has 17 heavy (non-hydrogen) atoms. The molecule has 0 aliphatic carbocycles. The predicted octanol–water partition coefficient (Wildman–Crippen LogP) is 2.73. The average Bonchev–Trinajstić information content (AvgIpc) is 2.61. The van der Waals surface area contributed by atoms with Crippen molar-refractivity contribution in [2.24, 2.45) is 0 Å². The van der Waals surface area contributed by atoms with E-state index < -0.39 is 0 Å². The van der Waals surface area contributed by atoms with E-state index >= 15 is 0 Å². The molecule has 0 spiro atoms. The van der Waals surface area contributed by atoms with Crippen molar-refractivity contribution in [3.63, 3.8) is 0 Å². The second-order valence-corrected chi connectivity index (χ2v) is 4.64. The minimum atomic E-state index is 0.358. The van der Waals surface area contributed by atoms with Crippen LogP contribution in [0.3, 0.4) is 0 Å². The van der Waals surface area contributed by atoms with Crippen molar-refractivity contribution in [3.8, 4) is 11.3 Å². The zero-order valence-electron chi connectivity index (χ0n) is 10.7. The minimum Gasteiger partial charge on any atom is -0.397 e. The molecule has 4 nitrogen and oxygen atoms in total. The molecule has 4 heteroatoms. The number of pyridine rings is 1. The zero-order chi connectivity index (χ0) is 12.6. The molecule has 2 rings (SSSR count). The van der Waals surface area contributed by atoms with Crippen molar-refractivity contribution >= 4 is 5.69 Å². The summed E-state index contributed by atoms with van der Waals surface area (Å²) in [6, 6.07) is 2.30. The van der Waals surface area contributed by atoms with Gasteiger partial charge in [-0.15, -0.1) is 0 Å². The maximum Gasteiger partial charge on any atom is 0.0767 e. The molecule has 2 aromatic heterocycles. The highest BCUT2D eigenvalue weighted by molar-refractivity contribution is 5.66. The Hall–Kier alpha value is -1.84. The van der Waals surface area contributed by atoms with Crippen molar-refractivity contribution < 1.29 is 0 Å². The fourth-order valence-corrected chi connectivity index (χ4v) is 1.86. The summed E-state index contributed by atoms with van der Waals surface area (Å²) < 4.78 is 1.96. The lowest BCUT2D eigenvalue weighted by atomic mass is 10.1. The van der Waals surface area contributed by atoms with Crippen LogP contribution < -0.4 is 5.73 Å². The lowest BCUT2D eigenvalue weighted by Gasteiger charge is -2.04. The Labute approximate surface area is 101 Å². The fraction of sp³-hybridized carbons (Fsp3) is 0.385. The Morgan fingerprint density at radius 1 is 1.29 bits per heavy atom. The molecule has 2 heterocycles. The average molecular weight is 230 g/mol. The number of hydrogen-bond donors (Lipinski definition) is 1. The lowest BCUT2D eigenvalue weighted by Crippen LogP contribution is -2.00. The SMILES string of the molecule is Cc1cc(N)cnc1-c1cn(C(C)C)nc1C. The molecular formula is C13H18N4. The molecule has 2 aromatic rings. The van der Waals surface area contributed by atoms with E-state index in [1.165, 1.54) is 0 Å². The summed E-state index contributed by atoms with van der Waals surface area (Å²) in [5, 5.41) is 4.50. The Balaban J connectivity index is 2.52. The van der Waals surface area contributed by atoms with Gasteiger partial charge in [-0.3, -0.25) is 9.67 Å². The van der Waals surface area contributed by atoms with Crippen LogP contribution in [0.1, 0.15) is 31.1 Å². The first-order valence-electron chi connectivity index (χ1n) is 5.77. The number of hydrogen-bond acceptors (Lipinski definition) is 3. The van der Waals surface area contributed by atoms with E-state index in [-0.39, 0.29) is 0 Å².